The molecular formula is C19H21N3O2. The minimum Gasteiger partial charge on any atom is -0.481 e. The van der Waals surface area contributed by atoms with Crippen LogP contribution >= 0.6 is 0 Å². The Hall–Kier alpha value is -2.82. The number of benzene rings is 2. The molecule has 0 aliphatic heterocycles. The third kappa shape index (κ3) is 3.40. The van der Waals surface area contributed by atoms with E-state index in [2.05, 4.69) is 16.8 Å². The molecule has 1 aromatic heterocycles. The van der Waals surface area contributed by atoms with Crippen LogP contribution in [0.3, 0.4) is 0 Å². The second-order valence-corrected chi connectivity index (χ2v) is 5.74. The second-order valence-electron chi connectivity index (χ2n) is 5.74. The molecule has 1 heterocycles. The van der Waals surface area contributed by atoms with Crippen molar-refractivity contribution in [1.82, 2.24) is 9.55 Å². The summed E-state index contributed by atoms with van der Waals surface area (Å²) in [6.45, 7) is 3.34. The predicted molar refractivity (Wildman–Crippen MR) is 95.3 cm³/mol. The van der Waals surface area contributed by atoms with Crippen molar-refractivity contribution in [3.63, 3.8) is 0 Å². The number of aryl methyl sites for hydroxylation is 1. The van der Waals surface area contributed by atoms with Gasteiger partial charge in [-0.2, -0.15) is 0 Å². The number of anilines is 1. The molecule has 0 spiro atoms. The smallest absolute Gasteiger partial charge is 0.304 e. The number of para-hydroxylation sites is 3. The Morgan fingerprint density at radius 2 is 1.88 bits per heavy atom. The minimum absolute atomic E-state index is 0.0448. The van der Waals surface area contributed by atoms with Crippen molar-refractivity contribution in [3.05, 3.63) is 60.4 Å². The summed E-state index contributed by atoms with van der Waals surface area (Å²) >= 11 is 0. The van der Waals surface area contributed by atoms with E-state index in [0.717, 1.165) is 29.1 Å². The van der Waals surface area contributed by atoms with Crippen LogP contribution in [-0.2, 0) is 11.3 Å². The molecule has 1 atom stereocenters. The van der Waals surface area contributed by atoms with Gasteiger partial charge in [0.2, 0.25) is 0 Å². The van der Waals surface area contributed by atoms with Crippen LogP contribution in [0.15, 0.2) is 54.6 Å². The number of fused-ring (bicyclic) bond motifs is 1. The van der Waals surface area contributed by atoms with Crippen molar-refractivity contribution < 1.29 is 9.90 Å². The molecule has 0 radical (unpaired) electrons. The van der Waals surface area contributed by atoms with Crippen LogP contribution in [0.4, 0.5) is 5.69 Å². The van der Waals surface area contributed by atoms with Crippen molar-refractivity contribution in [2.24, 2.45) is 0 Å². The van der Waals surface area contributed by atoms with E-state index in [0.29, 0.717) is 6.54 Å². The van der Waals surface area contributed by atoms with Crippen LogP contribution < -0.4 is 5.32 Å². The first-order valence-corrected chi connectivity index (χ1v) is 8.15. The van der Waals surface area contributed by atoms with Gasteiger partial charge in [-0.05, 0) is 31.2 Å². The molecule has 0 fully saturated rings. The zero-order valence-electron chi connectivity index (χ0n) is 13.6. The quantitative estimate of drug-likeness (QED) is 0.695. The lowest BCUT2D eigenvalue weighted by Gasteiger charge is -2.17. The number of aliphatic carboxylic acids is 1. The number of imidazole rings is 1. The van der Waals surface area contributed by atoms with Crippen LogP contribution in [0.25, 0.3) is 11.0 Å². The molecule has 1 unspecified atom stereocenters. The summed E-state index contributed by atoms with van der Waals surface area (Å²) in [5.74, 6) is -0.191. The zero-order valence-corrected chi connectivity index (χ0v) is 13.6. The first-order chi connectivity index (χ1) is 11.7. The fourth-order valence-corrected chi connectivity index (χ4v) is 3.00. The van der Waals surface area contributed by atoms with Gasteiger partial charge in [0, 0.05) is 24.7 Å². The summed E-state index contributed by atoms with van der Waals surface area (Å²) in [6, 6.07) is 17.7. The molecule has 2 aromatic carbocycles. The van der Waals surface area contributed by atoms with Crippen LogP contribution in [0, 0.1) is 0 Å². The fraction of sp³-hybridized carbons (Fsp3) is 0.263. The Kier molecular flexibility index (Phi) is 4.79. The van der Waals surface area contributed by atoms with E-state index in [1.807, 2.05) is 54.6 Å². The highest BCUT2D eigenvalue weighted by molar-refractivity contribution is 5.76. The van der Waals surface area contributed by atoms with Gasteiger partial charge in [-0.1, -0.05) is 30.3 Å². The van der Waals surface area contributed by atoms with Crippen molar-refractivity contribution in [3.8, 4) is 0 Å². The SMILES string of the molecule is CCn1c(C(CNc2ccccc2)CC(=O)O)nc2ccccc21. The Labute approximate surface area is 141 Å². The Morgan fingerprint density at radius 3 is 2.58 bits per heavy atom. The van der Waals surface area contributed by atoms with Crippen molar-refractivity contribution in [2.75, 3.05) is 11.9 Å². The van der Waals surface area contributed by atoms with E-state index < -0.39 is 5.97 Å². The maximum atomic E-state index is 11.3. The van der Waals surface area contributed by atoms with Gasteiger partial charge in [0.15, 0.2) is 0 Å². The van der Waals surface area contributed by atoms with Gasteiger partial charge in [-0.15, -0.1) is 0 Å². The van der Waals surface area contributed by atoms with E-state index in [1.165, 1.54) is 0 Å². The van der Waals surface area contributed by atoms with E-state index in [1.54, 1.807) is 0 Å². The first-order valence-electron chi connectivity index (χ1n) is 8.15. The maximum absolute atomic E-state index is 11.3. The summed E-state index contributed by atoms with van der Waals surface area (Å²) in [5, 5.41) is 12.6. The van der Waals surface area contributed by atoms with E-state index >= 15 is 0 Å². The molecule has 5 nitrogen and oxygen atoms in total. The second kappa shape index (κ2) is 7.17. The number of carboxylic acid groups (broad SMARTS) is 1. The van der Waals surface area contributed by atoms with Crippen LogP contribution in [0.2, 0.25) is 0 Å². The number of aromatic nitrogens is 2. The first kappa shape index (κ1) is 16.1. The van der Waals surface area contributed by atoms with Crippen LogP contribution in [0.5, 0.6) is 0 Å². The Bertz CT molecular complexity index is 827. The highest BCUT2D eigenvalue weighted by Crippen LogP contribution is 2.25. The van der Waals surface area contributed by atoms with Gasteiger partial charge in [0.25, 0.3) is 0 Å². The van der Waals surface area contributed by atoms with Gasteiger partial charge < -0.3 is 15.0 Å². The predicted octanol–water partition coefficient (Wildman–Crippen LogP) is 3.73. The molecule has 0 saturated heterocycles. The average Bonchev–Trinajstić information content (AvgIpc) is 2.97. The molecule has 0 saturated carbocycles. The largest absolute Gasteiger partial charge is 0.481 e. The average molecular weight is 323 g/mol. The van der Waals surface area contributed by atoms with E-state index in [-0.39, 0.29) is 12.3 Å². The maximum Gasteiger partial charge on any atom is 0.304 e. The summed E-state index contributed by atoms with van der Waals surface area (Å²) < 4.78 is 2.11. The monoisotopic (exact) mass is 323 g/mol. The normalized spacial score (nSPS) is 12.2. The van der Waals surface area contributed by atoms with Gasteiger partial charge >= 0.3 is 5.97 Å². The highest BCUT2D eigenvalue weighted by atomic mass is 16.4. The summed E-state index contributed by atoms with van der Waals surface area (Å²) in [5.41, 5.74) is 2.93. The van der Waals surface area contributed by atoms with Crippen LogP contribution in [-0.4, -0.2) is 27.2 Å². The van der Waals surface area contributed by atoms with Gasteiger partial charge in [0.1, 0.15) is 5.82 Å². The summed E-state index contributed by atoms with van der Waals surface area (Å²) in [4.78, 5) is 16.1. The number of hydrogen-bond acceptors (Lipinski definition) is 3. The fourth-order valence-electron chi connectivity index (χ4n) is 3.00. The molecule has 0 bridgehead atoms. The Balaban J connectivity index is 1.92. The van der Waals surface area contributed by atoms with Crippen LogP contribution in [0.1, 0.15) is 25.1 Å². The number of rotatable bonds is 7. The Morgan fingerprint density at radius 1 is 1.17 bits per heavy atom. The lowest BCUT2D eigenvalue weighted by Crippen LogP contribution is -2.20. The van der Waals surface area contributed by atoms with E-state index in [9.17, 15) is 9.90 Å². The van der Waals surface area contributed by atoms with Crippen molar-refractivity contribution in [2.45, 2.75) is 25.8 Å². The molecule has 24 heavy (non-hydrogen) atoms. The molecule has 2 N–H and O–H groups in total. The van der Waals surface area contributed by atoms with Crippen molar-refractivity contribution >= 4 is 22.7 Å². The topological polar surface area (TPSA) is 67.2 Å². The zero-order chi connectivity index (χ0) is 16.9. The number of nitrogens with one attached hydrogen (secondary N) is 1. The van der Waals surface area contributed by atoms with Gasteiger partial charge in [0.05, 0.1) is 17.5 Å². The highest BCUT2D eigenvalue weighted by Gasteiger charge is 2.22. The molecule has 0 amide bonds. The molecular weight excluding hydrogens is 302 g/mol. The molecule has 0 aliphatic rings. The van der Waals surface area contributed by atoms with Crippen molar-refractivity contribution in [1.29, 1.82) is 0 Å². The lowest BCUT2D eigenvalue weighted by atomic mass is 10.0. The summed E-state index contributed by atoms with van der Waals surface area (Å²) in [6.07, 6.45) is 0.0448. The number of hydrogen-bond donors (Lipinski definition) is 2. The van der Waals surface area contributed by atoms with E-state index in [4.69, 9.17) is 4.98 Å². The third-order valence-corrected chi connectivity index (χ3v) is 4.11. The molecule has 5 heteroatoms. The minimum atomic E-state index is -0.815. The summed E-state index contributed by atoms with van der Waals surface area (Å²) in [7, 11) is 0. The molecule has 0 aliphatic carbocycles. The van der Waals surface area contributed by atoms with Gasteiger partial charge in [-0.25, -0.2) is 4.98 Å². The molecule has 124 valence electrons. The standard InChI is InChI=1S/C19H21N3O2/c1-2-22-17-11-7-6-10-16(17)21-19(22)14(12-18(23)24)13-20-15-8-4-3-5-9-15/h3-11,14,20H,2,12-13H2,1H3,(H,23,24). The molecule has 3 aromatic rings. The lowest BCUT2D eigenvalue weighted by molar-refractivity contribution is -0.137. The van der Waals surface area contributed by atoms with Gasteiger partial charge in [-0.3, -0.25) is 4.79 Å². The number of carbonyl (C=O) groups is 1. The number of nitrogens with zero attached hydrogens (tertiary/aromatic N) is 2. The number of carboxylic acids is 1. The molecule has 3 rings (SSSR count). The third-order valence-electron chi connectivity index (χ3n) is 4.11.